The normalized spacial score (nSPS) is 27.3. The number of piperidine rings is 1. The van der Waals surface area contributed by atoms with Crippen LogP contribution < -0.4 is 0 Å². The molecule has 0 atom stereocenters. The standard InChI is InChI=1S/C19H35NO.ClH/c1-4-10-18(11-5-1)19(12-6-2-7-13-19)21-17-16-20-14-8-3-9-15-20;/h18H,1-17H2;1H. The first-order valence-electron chi connectivity index (χ1n) is 9.75. The average Bonchev–Trinajstić information content (AvgIpc) is 2.58. The number of halogens is 1. The van der Waals surface area contributed by atoms with Gasteiger partial charge < -0.3 is 9.64 Å². The van der Waals surface area contributed by atoms with Gasteiger partial charge in [-0.25, -0.2) is 0 Å². The fraction of sp³-hybridized carbons (Fsp3) is 1.00. The Bertz CT molecular complexity index is 292. The van der Waals surface area contributed by atoms with Gasteiger partial charge in [0.05, 0.1) is 12.2 Å². The Labute approximate surface area is 143 Å². The lowest BCUT2D eigenvalue weighted by Gasteiger charge is -2.45. The highest BCUT2D eigenvalue weighted by atomic mass is 35.5. The van der Waals surface area contributed by atoms with E-state index in [1.807, 2.05) is 0 Å². The number of nitrogens with zero attached hydrogens (tertiary/aromatic N) is 1. The third-order valence-corrected chi connectivity index (χ3v) is 6.29. The Kier molecular flexibility index (Phi) is 8.00. The van der Waals surface area contributed by atoms with Gasteiger partial charge in [-0.3, -0.25) is 0 Å². The predicted molar refractivity (Wildman–Crippen MR) is 95.9 cm³/mol. The third kappa shape index (κ3) is 4.85. The van der Waals surface area contributed by atoms with Gasteiger partial charge in [-0.1, -0.05) is 44.9 Å². The molecule has 0 aromatic carbocycles. The van der Waals surface area contributed by atoms with Crippen LogP contribution in [0.3, 0.4) is 0 Å². The van der Waals surface area contributed by atoms with Crippen molar-refractivity contribution in [1.29, 1.82) is 0 Å². The van der Waals surface area contributed by atoms with Crippen LogP contribution in [-0.4, -0.2) is 36.7 Å². The lowest BCUT2D eigenvalue weighted by atomic mass is 9.69. The van der Waals surface area contributed by atoms with E-state index in [-0.39, 0.29) is 18.0 Å². The van der Waals surface area contributed by atoms with Crippen molar-refractivity contribution < 1.29 is 4.74 Å². The monoisotopic (exact) mass is 329 g/mol. The molecule has 130 valence electrons. The van der Waals surface area contributed by atoms with E-state index in [0.717, 1.165) is 12.5 Å². The molecule has 2 aliphatic carbocycles. The van der Waals surface area contributed by atoms with E-state index in [4.69, 9.17) is 4.74 Å². The van der Waals surface area contributed by atoms with E-state index in [0.29, 0.717) is 0 Å². The summed E-state index contributed by atoms with van der Waals surface area (Å²) in [4.78, 5) is 2.63. The minimum Gasteiger partial charge on any atom is -0.373 e. The fourth-order valence-electron chi connectivity index (χ4n) is 5.01. The molecule has 1 aliphatic heterocycles. The lowest BCUT2D eigenvalue weighted by molar-refractivity contribution is -0.122. The van der Waals surface area contributed by atoms with E-state index >= 15 is 0 Å². The summed E-state index contributed by atoms with van der Waals surface area (Å²) < 4.78 is 6.67. The van der Waals surface area contributed by atoms with Crippen molar-refractivity contribution in [1.82, 2.24) is 4.90 Å². The van der Waals surface area contributed by atoms with E-state index in [2.05, 4.69) is 4.90 Å². The van der Waals surface area contributed by atoms with Crippen molar-refractivity contribution in [2.75, 3.05) is 26.2 Å². The summed E-state index contributed by atoms with van der Waals surface area (Å²) in [7, 11) is 0. The molecule has 3 rings (SSSR count). The number of rotatable bonds is 5. The van der Waals surface area contributed by atoms with E-state index in [1.54, 1.807) is 0 Å². The zero-order valence-electron chi connectivity index (χ0n) is 14.4. The first kappa shape index (κ1) is 18.5. The van der Waals surface area contributed by atoms with Crippen LogP contribution in [0.25, 0.3) is 0 Å². The Morgan fingerprint density at radius 2 is 1.36 bits per heavy atom. The first-order valence-corrected chi connectivity index (χ1v) is 9.75. The summed E-state index contributed by atoms with van der Waals surface area (Å²) in [5.41, 5.74) is 0.272. The second-order valence-electron chi connectivity index (χ2n) is 7.71. The summed E-state index contributed by atoms with van der Waals surface area (Å²) in [5.74, 6) is 0.868. The van der Waals surface area contributed by atoms with Crippen molar-refractivity contribution in [3.05, 3.63) is 0 Å². The third-order valence-electron chi connectivity index (χ3n) is 6.29. The van der Waals surface area contributed by atoms with Crippen LogP contribution in [0.1, 0.15) is 83.5 Å². The maximum Gasteiger partial charge on any atom is 0.0711 e. The molecule has 0 N–H and O–H groups in total. The quantitative estimate of drug-likeness (QED) is 0.687. The maximum absolute atomic E-state index is 6.67. The molecule has 0 radical (unpaired) electrons. The molecule has 0 aromatic heterocycles. The number of ether oxygens (including phenoxy) is 1. The van der Waals surface area contributed by atoms with Crippen LogP contribution >= 0.6 is 12.4 Å². The maximum atomic E-state index is 6.67. The molecule has 3 fully saturated rings. The van der Waals surface area contributed by atoms with Crippen molar-refractivity contribution in [2.24, 2.45) is 5.92 Å². The Morgan fingerprint density at radius 1 is 0.773 bits per heavy atom. The van der Waals surface area contributed by atoms with Crippen molar-refractivity contribution in [2.45, 2.75) is 89.1 Å². The SMILES string of the molecule is C1CCC(C2(OCCN3CCCCC3)CCCCC2)CC1.Cl. The van der Waals surface area contributed by atoms with Crippen LogP contribution in [-0.2, 0) is 4.74 Å². The summed E-state index contributed by atoms with van der Waals surface area (Å²) in [5, 5.41) is 0. The molecule has 0 amide bonds. The van der Waals surface area contributed by atoms with E-state index in [9.17, 15) is 0 Å². The fourth-order valence-corrected chi connectivity index (χ4v) is 5.01. The van der Waals surface area contributed by atoms with Crippen LogP contribution in [0.5, 0.6) is 0 Å². The molecule has 0 aromatic rings. The van der Waals surface area contributed by atoms with Gasteiger partial charge in [0.1, 0.15) is 0 Å². The van der Waals surface area contributed by atoms with Gasteiger partial charge in [-0.2, -0.15) is 0 Å². The molecule has 3 heteroatoms. The Balaban J connectivity index is 0.00000176. The van der Waals surface area contributed by atoms with Gasteiger partial charge in [0.15, 0.2) is 0 Å². The molecule has 3 aliphatic rings. The molecule has 22 heavy (non-hydrogen) atoms. The number of likely N-dealkylation sites (tertiary alicyclic amines) is 1. The summed E-state index contributed by atoms with van der Waals surface area (Å²) in [6, 6.07) is 0. The van der Waals surface area contributed by atoms with Crippen molar-refractivity contribution >= 4 is 12.4 Å². The molecular formula is C19H36ClNO. The first-order chi connectivity index (χ1) is 10.4. The van der Waals surface area contributed by atoms with Crippen LogP contribution in [0.4, 0.5) is 0 Å². The van der Waals surface area contributed by atoms with Crippen molar-refractivity contribution in [3.63, 3.8) is 0 Å². The largest absolute Gasteiger partial charge is 0.373 e. The number of hydrogen-bond donors (Lipinski definition) is 0. The van der Waals surface area contributed by atoms with Gasteiger partial charge in [0.2, 0.25) is 0 Å². The molecular weight excluding hydrogens is 294 g/mol. The summed E-state index contributed by atoms with van der Waals surface area (Å²) in [6.45, 7) is 4.77. The minimum absolute atomic E-state index is 0. The molecule has 2 saturated carbocycles. The molecule has 1 heterocycles. The highest BCUT2D eigenvalue weighted by Crippen LogP contribution is 2.44. The minimum atomic E-state index is 0. The zero-order valence-corrected chi connectivity index (χ0v) is 15.2. The van der Waals surface area contributed by atoms with Crippen LogP contribution in [0.2, 0.25) is 0 Å². The van der Waals surface area contributed by atoms with Crippen LogP contribution in [0.15, 0.2) is 0 Å². The summed E-state index contributed by atoms with van der Waals surface area (Å²) >= 11 is 0. The second-order valence-corrected chi connectivity index (χ2v) is 7.71. The van der Waals surface area contributed by atoms with Gasteiger partial charge >= 0.3 is 0 Å². The molecule has 2 nitrogen and oxygen atoms in total. The van der Waals surface area contributed by atoms with Crippen molar-refractivity contribution in [3.8, 4) is 0 Å². The smallest absolute Gasteiger partial charge is 0.0711 e. The highest BCUT2D eigenvalue weighted by molar-refractivity contribution is 5.85. The molecule has 1 saturated heterocycles. The second kappa shape index (κ2) is 9.49. The molecule has 0 bridgehead atoms. The topological polar surface area (TPSA) is 12.5 Å². The predicted octanol–water partition coefficient (Wildman–Crippen LogP) is 5.19. The zero-order chi connectivity index (χ0) is 14.4. The van der Waals surface area contributed by atoms with E-state index < -0.39 is 0 Å². The van der Waals surface area contributed by atoms with E-state index in [1.165, 1.54) is 103 Å². The highest BCUT2D eigenvalue weighted by Gasteiger charge is 2.40. The lowest BCUT2D eigenvalue weighted by Crippen LogP contribution is -2.45. The molecule has 0 unspecified atom stereocenters. The van der Waals surface area contributed by atoms with Gasteiger partial charge in [-0.05, 0) is 57.5 Å². The van der Waals surface area contributed by atoms with Gasteiger partial charge in [-0.15, -0.1) is 12.4 Å². The Morgan fingerprint density at radius 3 is 2.05 bits per heavy atom. The van der Waals surface area contributed by atoms with Gasteiger partial charge in [0.25, 0.3) is 0 Å². The molecule has 0 spiro atoms. The van der Waals surface area contributed by atoms with Crippen LogP contribution in [0, 0.1) is 5.92 Å². The van der Waals surface area contributed by atoms with Gasteiger partial charge in [0, 0.05) is 6.54 Å². The summed E-state index contributed by atoms with van der Waals surface area (Å²) in [6.07, 6.45) is 18.4. The average molecular weight is 330 g/mol. The number of hydrogen-bond acceptors (Lipinski definition) is 2. The Hall–Kier alpha value is 0.210.